The summed E-state index contributed by atoms with van der Waals surface area (Å²) in [4.78, 5) is 14.8. The van der Waals surface area contributed by atoms with Crippen molar-refractivity contribution in [3.8, 4) is 0 Å². The van der Waals surface area contributed by atoms with Gasteiger partial charge in [0, 0.05) is 24.4 Å². The van der Waals surface area contributed by atoms with Gasteiger partial charge in [-0.25, -0.2) is 9.78 Å². The summed E-state index contributed by atoms with van der Waals surface area (Å²) in [7, 11) is 0. The lowest BCUT2D eigenvalue weighted by Gasteiger charge is -2.29. The molecule has 0 aliphatic heterocycles. The van der Waals surface area contributed by atoms with Crippen LogP contribution in [0.5, 0.6) is 0 Å². The predicted molar refractivity (Wildman–Crippen MR) is 72.2 cm³/mol. The van der Waals surface area contributed by atoms with Crippen LogP contribution in [0.3, 0.4) is 0 Å². The highest BCUT2D eigenvalue weighted by atomic mass is 32.1. The van der Waals surface area contributed by atoms with Crippen molar-refractivity contribution >= 4 is 17.3 Å². The molecule has 1 fully saturated rings. The summed E-state index contributed by atoms with van der Waals surface area (Å²) in [6.07, 6.45) is 6.08. The van der Waals surface area contributed by atoms with Crippen LogP contribution in [-0.2, 0) is 6.42 Å². The van der Waals surface area contributed by atoms with Crippen molar-refractivity contribution in [2.24, 2.45) is 5.92 Å². The second-order valence-electron chi connectivity index (χ2n) is 5.00. The van der Waals surface area contributed by atoms with Crippen LogP contribution in [-0.4, -0.2) is 28.6 Å². The van der Waals surface area contributed by atoms with Gasteiger partial charge < -0.3 is 10.4 Å². The molecule has 1 aromatic heterocycles. The van der Waals surface area contributed by atoms with Crippen LogP contribution >= 0.6 is 11.3 Å². The minimum absolute atomic E-state index is 0.168. The first-order chi connectivity index (χ1) is 8.66. The maximum atomic E-state index is 10.7. The van der Waals surface area contributed by atoms with E-state index < -0.39 is 5.97 Å². The molecule has 18 heavy (non-hydrogen) atoms. The molecular formula is C13H20N2O2S. The van der Waals surface area contributed by atoms with Gasteiger partial charge in [0.25, 0.3) is 0 Å². The molecule has 1 saturated carbocycles. The fraction of sp³-hybridized carbons (Fsp3) is 0.692. The zero-order valence-corrected chi connectivity index (χ0v) is 11.5. The number of carboxylic acids is 1. The lowest BCUT2D eigenvalue weighted by molar-refractivity contribution is 0.0691. The molecule has 2 N–H and O–H groups in total. The first-order valence-corrected chi connectivity index (χ1v) is 7.46. The number of aromatic carboxylic acids is 1. The summed E-state index contributed by atoms with van der Waals surface area (Å²) in [5, 5.41) is 14.9. The highest BCUT2D eigenvalue weighted by Crippen LogP contribution is 2.23. The van der Waals surface area contributed by atoms with Gasteiger partial charge in [0.15, 0.2) is 5.69 Å². The van der Waals surface area contributed by atoms with Gasteiger partial charge in [0.05, 0.1) is 5.01 Å². The van der Waals surface area contributed by atoms with Gasteiger partial charge in [-0.1, -0.05) is 19.8 Å². The molecule has 0 spiro atoms. The number of carboxylic acid groups (broad SMARTS) is 1. The van der Waals surface area contributed by atoms with Gasteiger partial charge in [-0.15, -0.1) is 11.3 Å². The van der Waals surface area contributed by atoms with Crippen molar-refractivity contribution in [1.29, 1.82) is 0 Å². The third-order valence-corrected chi connectivity index (χ3v) is 4.54. The van der Waals surface area contributed by atoms with E-state index >= 15 is 0 Å². The quantitative estimate of drug-likeness (QED) is 0.861. The maximum absolute atomic E-state index is 10.7. The second kappa shape index (κ2) is 6.29. The molecule has 0 saturated heterocycles. The minimum Gasteiger partial charge on any atom is -0.476 e. The van der Waals surface area contributed by atoms with Crippen LogP contribution in [0.4, 0.5) is 0 Å². The number of nitrogens with one attached hydrogen (secondary N) is 1. The Bertz CT molecular complexity index is 405. The van der Waals surface area contributed by atoms with Gasteiger partial charge in [0.2, 0.25) is 0 Å². The summed E-state index contributed by atoms with van der Waals surface area (Å²) in [5.74, 6) is -0.184. The highest BCUT2D eigenvalue weighted by molar-refractivity contribution is 7.09. The van der Waals surface area contributed by atoms with E-state index in [4.69, 9.17) is 5.11 Å². The monoisotopic (exact) mass is 268 g/mol. The zero-order valence-electron chi connectivity index (χ0n) is 10.7. The molecule has 0 bridgehead atoms. The molecule has 2 atom stereocenters. The SMILES string of the molecule is CC1CCCCC1NCCc1nc(C(=O)O)cs1. The molecule has 0 aromatic carbocycles. The summed E-state index contributed by atoms with van der Waals surface area (Å²) >= 11 is 1.43. The maximum Gasteiger partial charge on any atom is 0.355 e. The van der Waals surface area contributed by atoms with Crippen LogP contribution in [0, 0.1) is 5.92 Å². The molecule has 1 aromatic rings. The molecule has 1 aliphatic carbocycles. The largest absolute Gasteiger partial charge is 0.476 e. The Kier molecular flexibility index (Phi) is 4.72. The van der Waals surface area contributed by atoms with E-state index in [1.165, 1.54) is 37.0 Å². The fourth-order valence-corrected chi connectivity index (χ4v) is 3.28. The van der Waals surface area contributed by atoms with Gasteiger partial charge in [-0.05, 0) is 18.8 Å². The van der Waals surface area contributed by atoms with Crippen LogP contribution in [0.1, 0.15) is 48.1 Å². The molecule has 4 nitrogen and oxygen atoms in total. The van der Waals surface area contributed by atoms with Gasteiger partial charge in [-0.2, -0.15) is 0 Å². The van der Waals surface area contributed by atoms with E-state index in [0.717, 1.165) is 23.9 Å². The molecule has 2 rings (SSSR count). The Morgan fingerprint density at radius 2 is 2.33 bits per heavy atom. The third kappa shape index (κ3) is 3.53. The Hall–Kier alpha value is -0.940. The highest BCUT2D eigenvalue weighted by Gasteiger charge is 2.20. The van der Waals surface area contributed by atoms with E-state index in [9.17, 15) is 4.79 Å². The van der Waals surface area contributed by atoms with Crippen molar-refractivity contribution in [2.75, 3.05) is 6.54 Å². The molecule has 5 heteroatoms. The smallest absolute Gasteiger partial charge is 0.355 e. The third-order valence-electron chi connectivity index (χ3n) is 3.63. The normalized spacial score (nSPS) is 24.1. The Morgan fingerprint density at radius 1 is 1.56 bits per heavy atom. The summed E-state index contributed by atoms with van der Waals surface area (Å²) in [6, 6.07) is 0.623. The van der Waals surface area contributed by atoms with Crippen molar-refractivity contribution in [1.82, 2.24) is 10.3 Å². The molecule has 1 aliphatic rings. The fourth-order valence-electron chi connectivity index (χ4n) is 2.51. The summed E-state index contributed by atoms with van der Waals surface area (Å²) < 4.78 is 0. The first-order valence-electron chi connectivity index (χ1n) is 6.58. The van der Waals surface area contributed by atoms with Gasteiger partial charge in [-0.3, -0.25) is 0 Å². The molecule has 0 radical (unpaired) electrons. The Balaban J connectivity index is 1.75. The van der Waals surface area contributed by atoms with E-state index in [1.54, 1.807) is 5.38 Å². The summed E-state index contributed by atoms with van der Waals surface area (Å²) in [6.45, 7) is 3.20. The molecule has 0 amide bonds. The number of carbonyl (C=O) groups is 1. The lowest BCUT2D eigenvalue weighted by atomic mass is 9.86. The second-order valence-corrected chi connectivity index (χ2v) is 5.95. The molecule has 2 unspecified atom stereocenters. The molecule has 1 heterocycles. The zero-order chi connectivity index (χ0) is 13.0. The Morgan fingerprint density at radius 3 is 3.00 bits per heavy atom. The number of hydrogen-bond donors (Lipinski definition) is 2. The van der Waals surface area contributed by atoms with E-state index in [2.05, 4.69) is 17.2 Å². The number of hydrogen-bond acceptors (Lipinski definition) is 4. The van der Waals surface area contributed by atoms with Crippen molar-refractivity contribution in [3.05, 3.63) is 16.1 Å². The standard InChI is InChI=1S/C13H20N2O2S/c1-9-4-2-3-5-10(9)14-7-6-12-15-11(8-18-12)13(16)17/h8-10,14H,2-7H2,1H3,(H,16,17). The predicted octanol–water partition coefficient (Wildman–Crippen LogP) is 2.55. The average molecular weight is 268 g/mol. The number of aromatic nitrogens is 1. The minimum atomic E-state index is -0.939. The van der Waals surface area contributed by atoms with Crippen molar-refractivity contribution in [2.45, 2.75) is 45.1 Å². The van der Waals surface area contributed by atoms with Crippen molar-refractivity contribution in [3.63, 3.8) is 0 Å². The van der Waals surface area contributed by atoms with Crippen LogP contribution in [0.25, 0.3) is 0 Å². The number of rotatable bonds is 5. The van der Waals surface area contributed by atoms with E-state index in [0.29, 0.717) is 6.04 Å². The van der Waals surface area contributed by atoms with Crippen LogP contribution < -0.4 is 5.32 Å². The average Bonchev–Trinajstić information content (AvgIpc) is 2.80. The van der Waals surface area contributed by atoms with Crippen molar-refractivity contribution < 1.29 is 9.90 Å². The molecule has 100 valence electrons. The first kappa shape index (κ1) is 13.5. The topological polar surface area (TPSA) is 62.2 Å². The van der Waals surface area contributed by atoms with Gasteiger partial charge in [0.1, 0.15) is 0 Å². The number of nitrogens with zero attached hydrogens (tertiary/aromatic N) is 1. The van der Waals surface area contributed by atoms with Crippen LogP contribution in [0.2, 0.25) is 0 Å². The van der Waals surface area contributed by atoms with Gasteiger partial charge >= 0.3 is 5.97 Å². The summed E-state index contributed by atoms with van der Waals surface area (Å²) in [5.41, 5.74) is 0.168. The van der Waals surface area contributed by atoms with Crippen LogP contribution in [0.15, 0.2) is 5.38 Å². The molecular weight excluding hydrogens is 248 g/mol. The Labute approximate surface area is 111 Å². The van der Waals surface area contributed by atoms with E-state index in [1.807, 2.05) is 0 Å². The lowest BCUT2D eigenvalue weighted by Crippen LogP contribution is -2.38. The van der Waals surface area contributed by atoms with E-state index in [-0.39, 0.29) is 5.69 Å². The number of thiazole rings is 1.